The number of benzene rings is 2. The number of carbonyl (C=O) groups excluding carboxylic acids is 2. The van der Waals surface area contributed by atoms with Crippen molar-refractivity contribution in [3.63, 3.8) is 0 Å². The average molecular weight is 530 g/mol. The van der Waals surface area contributed by atoms with Crippen molar-refractivity contribution in [3.05, 3.63) is 78.4 Å². The van der Waals surface area contributed by atoms with E-state index in [1.54, 1.807) is 31.3 Å². The molecule has 0 aliphatic carbocycles. The van der Waals surface area contributed by atoms with Gasteiger partial charge in [-0.1, -0.05) is 24.3 Å². The predicted molar refractivity (Wildman–Crippen MR) is 151 cm³/mol. The maximum Gasteiger partial charge on any atom is 0.254 e. The van der Waals surface area contributed by atoms with E-state index in [0.717, 1.165) is 29.9 Å². The number of nitrogens with zero attached hydrogens (tertiary/aromatic N) is 5. The zero-order valence-electron chi connectivity index (χ0n) is 22.8. The molecule has 0 spiro atoms. The largest absolute Gasteiger partial charge is 0.497 e. The number of aryl methyl sites for hydroxylation is 1. The number of methoxy groups -OCH3 is 2. The lowest BCUT2D eigenvalue weighted by atomic mass is 10.1. The molecular formula is C30H35N5O4. The van der Waals surface area contributed by atoms with Crippen molar-refractivity contribution < 1.29 is 19.1 Å². The fourth-order valence-corrected chi connectivity index (χ4v) is 4.67. The number of hydrogen-bond acceptors (Lipinski definition) is 7. The van der Waals surface area contributed by atoms with Crippen LogP contribution in [0.1, 0.15) is 22.3 Å². The third kappa shape index (κ3) is 6.54. The second kappa shape index (κ2) is 12.9. The monoisotopic (exact) mass is 529 g/mol. The van der Waals surface area contributed by atoms with Gasteiger partial charge in [-0.05, 0) is 49.2 Å². The van der Waals surface area contributed by atoms with Crippen LogP contribution >= 0.6 is 0 Å². The van der Waals surface area contributed by atoms with Crippen molar-refractivity contribution >= 4 is 17.6 Å². The van der Waals surface area contributed by atoms with Gasteiger partial charge in [-0.2, -0.15) is 0 Å². The number of hydrogen-bond donors (Lipinski definition) is 0. The lowest BCUT2D eigenvalue weighted by Crippen LogP contribution is -2.44. The molecule has 1 aromatic heterocycles. The fourth-order valence-electron chi connectivity index (χ4n) is 4.67. The van der Waals surface area contributed by atoms with Crippen LogP contribution < -0.4 is 14.4 Å². The Morgan fingerprint density at radius 2 is 1.82 bits per heavy atom. The van der Waals surface area contributed by atoms with E-state index in [1.165, 1.54) is 0 Å². The first-order valence-electron chi connectivity index (χ1n) is 13.0. The highest BCUT2D eigenvalue weighted by molar-refractivity contribution is 5.97. The first-order valence-corrected chi connectivity index (χ1v) is 13.0. The number of anilines is 1. The maximum absolute atomic E-state index is 13.2. The summed E-state index contributed by atoms with van der Waals surface area (Å²) in [7, 11) is 3.22. The van der Waals surface area contributed by atoms with Gasteiger partial charge in [0.05, 0.1) is 19.9 Å². The van der Waals surface area contributed by atoms with Crippen molar-refractivity contribution in [1.82, 2.24) is 20.0 Å². The second-order valence-electron chi connectivity index (χ2n) is 9.35. The molecule has 2 heterocycles. The molecule has 0 N–H and O–H groups in total. The van der Waals surface area contributed by atoms with E-state index in [9.17, 15) is 9.59 Å². The molecule has 0 unspecified atom stereocenters. The van der Waals surface area contributed by atoms with E-state index in [0.29, 0.717) is 48.9 Å². The van der Waals surface area contributed by atoms with Crippen LogP contribution in [0, 0.1) is 6.92 Å². The van der Waals surface area contributed by atoms with E-state index in [1.807, 2.05) is 60.4 Å². The van der Waals surface area contributed by atoms with Gasteiger partial charge in [-0.15, -0.1) is 16.8 Å². The van der Waals surface area contributed by atoms with Crippen molar-refractivity contribution in [2.45, 2.75) is 13.3 Å². The Bertz CT molecular complexity index is 1310. The number of aromatic nitrogens is 2. The quantitative estimate of drug-likeness (QED) is 0.389. The van der Waals surface area contributed by atoms with Crippen LogP contribution in [0.2, 0.25) is 0 Å². The van der Waals surface area contributed by atoms with Crippen molar-refractivity contribution in [1.29, 1.82) is 0 Å². The van der Waals surface area contributed by atoms with Crippen LogP contribution in [0.3, 0.4) is 0 Å². The molecule has 204 valence electrons. The summed E-state index contributed by atoms with van der Waals surface area (Å²) >= 11 is 0. The zero-order chi connectivity index (χ0) is 27.8. The summed E-state index contributed by atoms with van der Waals surface area (Å²) < 4.78 is 10.8. The van der Waals surface area contributed by atoms with Crippen molar-refractivity contribution in [2.24, 2.45) is 0 Å². The van der Waals surface area contributed by atoms with E-state index < -0.39 is 0 Å². The summed E-state index contributed by atoms with van der Waals surface area (Å²) in [6, 6.07) is 16.9. The molecule has 1 aliphatic rings. The Kier molecular flexibility index (Phi) is 9.14. The molecule has 0 bridgehead atoms. The smallest absolute Gasteiger partial charge is 0.254 e. The zero-order valence-corrected chi connectivity index (χ0v) is 22.8. The molecule has 0 saturated carbocycles. The Labute approximate surface area is 229 Å². The summed E-state index contributed by atoms with van der Waals surface area (Å²) in [5.41, 5.74) is 3.01. The molecule has 1 fully saturated rings. The first-order chi connectivity index (χ1) is 18.9. The average Bonchev–Trinajstić information content (AvgIpc) is 3.23. The Morgan fingerprint density at radius 1 is 1.00 bits per heavy atom. The topological polar surface area (TPSA) is 88.1 Å². The normalized spacial score (nSPS) is 13.4. The van der Waals surface area contributed by atoms with Gasteiger partial charge in [0.15, 0.2) is 5.82 Å². The van der Waals surface area contributed by atoms with Crippen LogP contribution in [0.5, 0.6) is 11.5 Å². The Morgan fingerprint density at radius 3 is 2.51 bits per heavy atom. The molecule has 0 radical (unpaired) electrons. The number of amides is 2. The van der Waals surface area contributed by atoms with Gasteiger partial charge in [-0.25, -0.2) is 0 Å². The summed E-state index contributed by atoms with van der Waals surface area (Å²) in [6.45, 7) is 8.51. The third-order valence-corrected chi connectivity index (χ3v) is 6.85. The highest BCUT2D eigenvalue weighted by atomic mass is 16.5. The van der Waals surface area contributed by atoms with Gasteiger partial charge in [0.2, 0.25) is 5.91 Å². The highest BCUT2D eigenvalue weighted by Crippen LogP contribution is 2.32. The second-order valence-corrected chi connectivity index (χ2v) is 9.35. The summed E-state index contributed by atoms with van der Waals surface area (Å²) in [4.78, 5) is 31.9. The van der Waals surface area contributed by atoms with Gasteiger partial charge >= 0.3 is 0 Å². The van der Waals surface area contributed by atoms with Crippen LogP contribution in [0.25, 0.3) is 11.3 Å². The van der Waals surface area contributed by atoms with Gasteiger partial charge in [0.25, 0.3) is 5.91 Å². The molecule has 3 aromatic rings. The summed E-state index contributed by atoms with van der Waals surface area (Å²) in [5.74, 6) is 1.88. The van der Waals surface area contributed by atoms with E-state index in [4.69, 9.17) is 9.47 Å². The van der Waals surface area contributed by atoms with Gasteiger partial charge in [0, 0.05) is 49.9 Å². The lowest BCUT2D eigenvalue weighted by molar-refractivity contribution is -0.131. The van der Waals surface area contributed by atoms with E-state index in [-0.39, 0.29) is 18.4 Å². The number of ether oxygens (including phenoxy) is 2. The van der Waals surface area contributed by atoms with Crippen LogP contribution in [-0.2, 0) is 4.79 Å². The summed E-state index contributed by atoms with van der Waals surface area (Å²) in [6.07, 6.45) is 2.44. The summed E-state index contributed by atoms with van der Waals surface area (Å²) in [5, 5.41) is 8.91. The van der Waals surface area contributed by atoms with Crippen LogP contribution in [-0.4, -0.2) is 85.3 Å². The molecular weight excluding hydrogens is 494 g/mol. The number of carbonyl (C=O) groups is 2. The molecule has 1 aliphatic heterocycles. The highest BCUT2D eigenvalue weighted by Gasteiger charge is 2.25. The SMILES string of the molecule is C=CCN(CC(=O)N1CCCN(c2ccc(-c3ccc(OC)cc3OC)nn2)CC1)C(=O)c1ccccc1C. The minimum absolute atomic E-state index is 0.0113. The van der Waals surface area contributed by atoms with Crippen molar-refractivity contribution in [3.8, 4) is 22.8 Å². The minimum Gasteiger partial charge on any atom is -0.497 e. The molecule has 4 rings (SSSR count). The number of rotatable bonds is 9. The molecule has 2 amide bonds. The Balaban J connectivity index is 1.40. The van der Waals surface area contributed by atoms with Crippen molar-refractivity contribution in [2.75, 3.05) is 58.4 Å². The minimum atomic E-state index is -0.165. The molecule has 0 atom stereocenters. The van der Waals surface area contributed by atoms with Gasteiger partial charge in [0.1, 0.15) is 18.0 Å². The third-order valence-electron chi connectivity index (χ3n) is 6.85. The van der Waals surface area contributed by atoms with Gasteiger partial charge in [-0.3, -0.25) is 9.59 Å². The maximum atomic E-state index is 13.2. The van der Waals surface area contributed by atoms with Crippen LogP contribution in [0.15, 0.2) is 67.3 Å². The van der Waals surface area contributed by atoms with Gasteiger partial charge < -0.3 is 24.2 Å². The lowest BCUT2D eigenvalue weighted by Gasteiger charge is -2.27. The molecule has 9 nitrogen and oxygen atoms in total. The molecule has 1 saturated heterocycles. The predicted octanol–water partition coefficient (Wildman–Crippen LogP) is 3.84. The molecule has 39 heavy (non-hydrogen) atoms. The Hall–Kier alpha value is -4.40. The molecule has 2 aromatic carbocycles. The van der Waals surface area contributed by atoms with E-state index >= 15 is 0 Å². The first kappa shape index (κ1) is 27.6. The van der Waals surface area contributed by atoms with E-state index in [2.05, 4.69) is 21.7 Å². The molecule has 9 heteroatoms. The van der Waals surface area contributed by atoms with Crippen LogP contribution in [0.4, 0.5) is 5.82 Å². The fraction of sp³-hybridized carbons (Fsp3) is 0.333. The standard InChI is InChI=1S/C30H35N5O4/c1-5-15-35(30(37)24-10-7-6-9-22(24)2)21-29(36)34-17-8-16-33(18-19-34)28-14-13-26(31-32-28)25-12-11-23(38-3)20-27(25)39-4/h5-7,9-14,20H,1,8,15-19,21H2,2-4H3.